The third-order valence-electron chi connectivity index (χ3n) is 4.26. The molecule has 3 nitrogen and oxygen atoms in total. The van der Waals surface area contributed by atoms with Gasteiger partial charge in [0.2, 0.25) is 5.91 Å². The van der Waals surface area contributed by atoms with E-state index in [1.54, 1.807) is 0 Å². The van der Waals surface area contributed by atoms with Gasteiger partial charge in [-0.25, -0.2) is 0 Å². The van der Waals surface area contributed by atoms with Gasteiger partial charge in [-0.05, 0) is 52.2 Å². The fourth-order valence-corrected chi connectivity index (χ4v) is 3.21. The zero-order chi connectivity index (χ0) is 14.7. The van der Waals surface area contributed by atoms with Crippen LogP contribution in [0.2, 0.25) is 0 Å². The first-order valence-corrected chi connectivity index (χ1v) is 8.09. The van der Waals surface area contributed by atoms with Crippen molar-refractivity contribution in [3.63, 3.8) is 0 Å². The number of benzene rings is 1. The van der Waals surface area contributed by atoms with Gasteiger partial charge in [0.25, 0.3) is 0 Å². The largest absolute Gasteiger partial charge is 0.398 e. The number of likely N-dealkylation sites (tertiary alicyclic amines) is 1. The van der Waals surface area contributed by atoms with Crippen molar-refractivity contribution in [3.8, 4) is 0 Å². The second-order valence-electron chi connectivity index (χ2n) is 5.97. The molecule has 0 aliphatic carbocycles. The van der Waals surface area contributed by atoms with Gasteiger partial charge in [0, 0.05) is 29.7 Å². The molecule has 1 heterocycles. The summed E-state index contributed by atoms with van der Waals surface area (Å²) in [6.45, 7) is 6.00. The van der Waals surface area contributed by atoms with Crippen molar-refractivity contribution in [3.05, 3.63) is 28.2 Å². The fraction of sp³-hybridized carbons (Fsp3) is 0.562. The van der Waals surface area contributed by atoms with Crippen molar-refractivity contribution < 1.29 is 4.79 Å². The van der Waals surface area contributed by atoms with E-state index in [0.717, 1.165) is 35.1 Å². The molecule has 20 heavy (non-hydrogen) atoms. The maximum Gasteiger partial charge on any atom is 0.222 e. The first-order chi connectivity index (χ1) is 9.49. The SMILES string of the molecule is CC(C)C1CCC(=O)N(Cc2cccc(N)c2Br)CC1. The number of rotatable bonds is 3. The van der Waals surface area contributed by atoms with Crippen LogP contribution in [0.1, 0.15) is 38.7 Å². The van der Waals surface area contributed by atoms with Gasteiger partial charge >= 0.3 is 0 Å². The maximum absolute atomic E-state index is 12.3. The van der Waals surface area contributed by atoms with Crippen LogP contribution in [-0.2, 0) is 11.3 Å². The molecule has 1 unspecified atom stereocenters. The Morgan fingerprint density at radius 3 is 2.85 bits per heavy atom. The smallest absolute Gasteiger partial charge is 0.222 e. The molecule has 1 atom stereocenters. The minimum atomic E-state index is 0.266. The number of hydrogen-bond acceptors (Lipinski definition) is 2. The molecular weight excluding hydrogens is 316 g/mol. The number of halogens is 1. The molecule has 1 aliphatic heterocycles. The highest BCUT2D eigenvalue weighted by molar-refractivity contribution is 9.10. The average molecular weight is 339 g/mol. The minimum absolute atomic E-state index is 0.266. The highest BCUT2D eigenvalue weighted by Gasteiger charge is 2.24. The molecule has 1 aromatic rings. The van der Waals surface area contributed by atoms with E-state index in [1.165, 1.54) is 0 Å². The molecule has 1 fully saturated rings. The minimum Gasteiger partial charge on any atom is -0.398 e. The van der Waals surface area contributed by atoms with Gasteiger partial charge < -0.3 is 10.6 Å². The molecule has 0 radical (unpaired) electrons. The number of nitrogens with two attached hydrogens (primary N) is 1. The topological polar surface area (TPSA) is 46.3 Å². The van der Waals surface area contributed by atoms with Gasteiger partial charge in [-0.15, -0.1) is 0 Å². The number of hydrogen-bond donors (Lipinski definition) is 1. The standard InChI is InChI=1S/C16H23BrN2O/c1-11(2)12-6-7-15(20)19(9-8-12)10-13-4-3-5-14(18)16(13)17/h3-5,11-12H,6-10,18H2,1-2H3. The quantitative estimate of drug-likeness (QED) is 0.851. The number of carbonyl (C=O) groups excluding carboxylic acids is 1. The molecule has 2 rings (SSSR count). The Bertz CT molecular complexity index is 487. The van der Waals surface area contributed by atoms with Crippen LogP contribution in [-0.4, -0.2) is 17.4 Å². The molecular formula is C16H23BrN2O. The molecule has 4 heteroatoms. The molecule has 1 aromatic carbocycles. The number of amides is 1. The normalized spacial score (nSPS) is 20.3. The molecule has 0 spiro atoms. The molecule has 2 N–H and O–H groups in total. The van der Waals surface area contributed by atoms with E-state index < -0.39 is 0 Å². The summed E-state index contributed by atoms with van der Waals surface area (Å²) in [5, 5.41) is 0. The Kier molecular flexibility index (Phi) is 5.08. The van der Waals surface area contributed by atoms with Gasteiger partial charge in [0.05, 0.1) is 0 Å². The summed E-state index contributed by atoms with van der Waals surface area (Å²) >= 11 is 3.52. The molecule has 0 saturated carbocycles. The number of anilines is 1. The van der Waals surface area contributed by atoms with E-state index in [4.69, 9.17) is 5.73 Å². The Hall–Kier alpha value is -1.03. The van der Waals surface area contributed by atoms with Crippen molar-refractivity contribution in [2.75, 3.05) is 12.3 Å². The fourth-order valence-electron chi connectivity index (χ4n) is 2.82. The van der Waals surface area contributed by atoms with E-state index in [0.29, 0.717) is 24.8 Å². The van der Waals surface area contributed by atoms with Crippen molar-refractivity contribution >= 4 is 27.5 Å². The Morgan fingerprint density at radius 1 is 1.40 bits per heavy atom. The summed E-state index contributed by atoms with van der Waals surface area (Å²) in [4.78, 5) is 14.2. The van der Waals surface area contributed by atoms with Crippen LogP contribution in [0.15, 0.2) is 22.7 Å². The van der Waals surface area contributed by atoms with Crippen LogP contribution in [0.3, 0.4) is 0 Å². The van der Waals surface area contributed by atoms with E-state index in [9.17, 15) is 4.79 Å². The monoisotopic (exact) mass is 338 g/mol. The van der Waals surface area contributed by atoms with Crippen molar-refractivity contribution in [1.82, 2.24) is 4.90 Å². The highest BCUT2D eigenvalue weighted by Crippen LogP contribution is 2.28. The number of carbonyl (C=O) groups is 1. The zero-order valence-electron chi connectivity index (χ0n) is 12.2. The van der Waals surface area contributed by atoms with Gasteiger partial charge in [-0.1, -0.05) is 26.0 Å². The van der Waals surface area contributed by atoms with Crippen molar-refractivity contribution in [2.24, 2.45) is 11.8 Å². The van der Waals surface area contributed by atoms with Crippen molar-refractivity contribution in [1.29, 1.82) is 0 Å². The van der Waals surface area contributed by atoms with Gasteiger partial charge in [0.15, 0.2) is 0 Å². The molecule has 1 saturated heterocycles. The van der Waals surface area contributed by atoms with Crippen molar-refractivity contribution in [2.45, 2.75) is 39.7 Å². The second-order valence-corrected chi connectivity index (χ2v) is 6.76. The predicted octanol–water partition coefficient (Wildman–Crippen LogP) is 3.82. The summed E-state index contributed by atoms with van der Waals surface area (Å²) in [6, 6.07) is 5.83. The molecule has 0 bridgehead atoms. The summed E-state index contributed by atoms with van der Waals surface area (Å²) in [5.74, 6) is 1.58. The van der Waals surface area contributed by atoms with Crippen LogP contribution < -0.4 is 5.73 Å². The average Bonchev–Trinajstić information content (AvgIpc) is 2.58. The van der Waals surface area contributed by atoms with Gasteiger partial charge in [-0.2, -0.15) is 0 Å². The third-order valence-corrected chi connectivity index (χ3v) is 5.23. The summed E-state index contributed by atoms with van der Waals surface area (Å²) in [7, 11) is 0. The second kappa shape index (κ2) is 6.61. The van der Waals surface area contributed by atoms with E-state index in [-0.39, 0.29) is 5.91 Å². The van der Waals surface area contributed by atoms with E-state index in [2.05, 4.69) is 29.8 Å². The highest BCUT2D eigenvalue weighted by atomic mass is 79.9. The summed E-state index contributed by atoms with van der Waals surface area (Å²) < 4.78 is 0.914. The van der Waals surface area contributed by atoms with Gasteiger partial charge in [-0.3, -0.25) is 4.79 Å². The van der Waals surface area contributed by atoms with Crippen LogP contribution in [0.5, 0.6) is 0 Å². The van der Waals surface area contributed by atoms with E-state index in [1.807, 2.05) is 23.1 Å². The molecule has 0 aromatic heterocycles. The van der Waals surface area contributed by atoms with Crippen LogP contribution in [0.25, 0.3) is 0 Å². The Balaban J connectivity index is 2.08. The Labute approximate surface area is 129 Å². The molecule has 1 aliphatic rings. The predicted molar refractivity (Wildman–Crippen MR) is 86.2 cm³/mol. The lowest BCUT2D eigenvalue weighted by Crippen LogP contribution is -2.30. The third kappa shape index (κ3) is 3.54. The zero-order valence-corrected chi connectivity index (χ0v) is 13.8. The number of nitrogen functional groups attached to an aromatic ring is 1. The lowest BCUT2D eigenvalue weighted by atomic mass is 9.89. The van der Waals surface area contributed by atoms with Crippen LogP contribution in [0.4, 0.5) is 5.69 Å². The number of nitrogens with zero attached hydrogens (tertiary/aromatic N) is 1. The lowest BCUT2D eigenvalue weighted by molar-refractivity contribution is -0.131. The summed E-state index contributed by atoms with van der Waals surface area (Å²) in [5.41, 5.74) is 7.71. The van der Waals surface area contributed by atoms with E-state index >= 15 is 0 Å². The Morgan fingerprint density at radius 2 is 2.15 bits per heavy atom. The first-order valence-electron chi connectivity index (χ1n) is 7.29. The van der Waals surface area contributed by atoms with Crippen LogP contribution in [0, 0.1) is 11.8 Å². The molecule has 1 amide bonds. The maximum atomic E-state index is 12.3. The lowest BCUT2D eigenvalue weighted by Gasteiger charge is -2.22. The molecule has 110 valence electrons. The van der Waals surface area contributed by atoms with Crippen LogP contribution >= 0.6 is 15.9 Å². The first kappa shape index (κ1) is 15.4. The summed E-state index contributed by atoms with van der Waals surface area (Å²) in [6.07, 6.45) is 2.79. The van der Waals surface area contributed by atoms with Gasteiger partial charge in [0.1, 0.15) is 0 Å².